The monoisotopic (exact) mass is 236 g/mol. The molecule has 1 atom stereocenters. The summed E-state index contributed by atoms with van der Waals surface area (Å²) >= 11 is 5.81. The molecule has 1 aromatic rings. The Morgan fingerprint density at radius 2 is 1.62 bits per heavy atom. The summed E-state index contributed by atoms with van der Waals surface area (Å²) in [6, 6.07) is 9.71. The van der Waals surface area contributed by atoms with Gasteiger partial charge in [-0.05, 0) is 36.6 Å². The van der Waals surface area contributed by atoms with Crippen molar-refractivity contribution in [1.29, 1.82) is 5.26 Å². The molecular formula is C13H17ClN2. The van der Waals surface area contributed by atoms with Crippen LogP contribution in [0.4, 0.5) is 5.69 Å². The molecule has 0 heterocycles. The highest BCUT2D eigenvalue weighted by atomic mass is 35.5. The van der Waals surface area contributed by atoms with Crippen LogP contribution in [-0.4, -0.2) is 5.54 Å². The van der Waals surface area contributed by atoms with Crippen LogP contribution in [0.15, 0.2) is 24.3 Å². The molecule has 0 aliphatic rings. The Morgan fingerprint density at radius 3 is 2.00 bits per heavy atom. The zero-order chi connectivity index (χ0) is 12.4. The number of benzene rings is 1. The van der Waals surface area contributed by atoms with E-state index in [0.29, 0.717) is 5.02 Å². The lowest BCUT2D eigenvalue weighted by Crippen LogP contribution is -2.45. The fourth-order valence-corrected chi connectivity index (χ4v) is 1.33. The van der Waals surface area contributed by atoms with Gasteiger partial charge in [-0.1, -0.05) is 32.4 Å². The topological polar surface area (TPSA) is 35.8 Å². The number of halogens is 1. The zero-order valence-electron chi connectivity index (χ0n) is 10.1. The smallest absolute Gasteiger partial charge is 0.127 e. The van der Waals surface area contributed by atoms with Crippen LogP contribution in [0.3, 0.4) is 0 Å². The van der Waals surface area contributed by atoms with E-state index < -0.39 is 5.54 Å². The van der Waals surface area contributed by atoms with Crippen LogP contribution in [0.25, 0.3) is 0 Å². The van der Waals surface area contributed by atoms with Crippen molar-refractivity contribution in [2.24, 2.45) is 5.41 Å². The lowest BCUT2D eigenvalue weighted by molar-refractivity contribution is 0.293. The maximum atomic E-state index is 9.30. The number of rotatable bonds is 2. The van der Waals surface area contributed by atoms with E-state index in [2.05, 4.69) is 11.4 Å². The third-order valence-corrected chi connectivity index (χ3v) is 3.21. The van der Waals surface area contributed by atoms with E-state index in [1.165, 1.54) is 0 Å². The van der Waals surface area contributed by atoms with E-state index in [1.807, 2.05) is 52.0 Å². The van der Waals surface area contributed by atoms with Crippen LogP contribution in [0.2, 0.25) is 5.02 Å². The first kappa shape index (κ1) is 12.9. The Hall–Kier alpha value is -1.20. The molecule has 0 radical (unpaired) electrons. The molecule has 0 fully saturated rings. The van der Waals surface area contributed by atoms with E-state index in [1.54, 1.807) is 0 Å². The van der Waals surface area contributed by atoms with E-state index in [9.17, 15) is 5.26 Å². The minimum absolute atomic E-state index is 0.151. The minimum atomic E-state index is -0.610. The van der Waals surface area contributed by atoms with Gasteiger partial charge in [-0.3, -0.25) is 0 Å². The van der Waals surface area contributed by atoms with Gasteiger partial charge in [-0.25, -0.2) is 0 Å². The first-order chi connectivity index (χ1) is 7.28. The van der Waals surface area contributed by atoms with Gasteiger partial charge in [-0.2, -0.15) is 5.26 Å². The van der Waals surface area contributed by atoms with Crippen molar-refractivity contribution in [1.82, 2.24) is 0 Å². The lowest BCUT2D eigenvalue weighted by atomic mass is 9.76. The Morgan fingerprint density at radius 1 is 1.12 bits per heavy atom. The van der Waals surface area contributed by atoms with Crippen LogP contribution < -0.4 is 5.32 Å². The summed E-state index contributed by atoms with van der Waals surface area (Å²) in [6.45, 7) is 8.03. The van der Waals surface area contributed by atoms with Gasteiger partial charge in [0.15, 0.2) is 0 Å². The van der Waals surface area contributed by atoms with Crippen LogP contribution in [-0.2, 0) is 0 Å². The number of hydrogen-bond donors (Lipinski definition) is 1. The molecule has 1 aromatic carbocycles. The number of nitrogens with zero attached hydrogens (tertiary/aromatic N) is 1. The second-order valence-corrected chi connectivity index (χ2v) is 5.56. The van der Waals surface area contributed by atoms with Gasteiger partial charge in [-0.15, -0.1) is 0 Å². The number of anilines is 1. The van der Waals surface area contributed by atoms with E-state index in [-0.39, 0.29) is 5.41 Å². The fraction of sp³-hybridized carbons (Fsp3) is 0.462. The summed E-state index contributed by atoms with van der Waals surface area (Å²) in [5.41, 5.74) is 0.144. The summed E-state index contributed by atoms with van der Waals surface area (Å²) < 4.78 is 0. The zero-order valence-corrected chi connectivity index (χ0v) is 10.9. The summed E-state index contributed by atoms with van der Waals surface area (Å²) in [5.74, 6) is 0. The SMILES string of the molecule is CC(C)(C)[C@@](C)(C#N)Nc1ccc(Cl)cc1. The average Bonchev–Trinajstić information content (AvgIpc) is 2.19. The van der Waals surface area contributed by atoms with E-state index in [0.717, 1.165) is 5.69 Å². The molecule has 0 spiro atoms. The van der Waals surface area contributed by atoms with Gasteiger partial charge < -0.3 is 5.32 Å². The van der Waals surface area contributed by atoms with Gasteiger partial charge in [0.25, 0.3) is 0 Å². The molecule has 0 aliphatic carbocycles. The molecule has 2 nitrogen and oxygen atoms in total. The van der Waals surface area contributed by atoms with E-state index >= 15 is 0 Å². The highest BCUT2D eigenvalue weighted by Crippen LogP contribution is 2.33. The molecular weight excluding hydrogens is 220 g/mol. The maximum absolute atomic E-state index is 9.30. The molecule has 0 aliphatic heterocycles. The summed E-state index contributed by atoms with van der Waals surface area (Å²) in [6.07, 6.45) is 0. The molecule has 1 rings (SSSR count). The standard InChI is InChI=1S/C13H17ClN2/c1-12(2,3)13(4,9-15)16-11-7-5-10(14)6-8-11/h5-8,16H,1-4H3/t13-/m1/s1. The number of nitriles is 1. The van der Waals surface area contributed by atoms with Crippen molar-refractivity contribution >= 4 is 17.3 Å². The molecule has 0 saturated carbocycles. The van der Waals surface area contributed by atoms with Crippen molar-refractivity contribution in [2.45, 2.75) is 33.2 Å². The quantitative estimate of drug-likeness (QED) is 0.840. The van der Waals surface area contributed by atoms with Gasteiger partial charge >= 0.3 is 0 Å². The summed E-state index contributed by atoms with van der Waals surface area (Å²) in [4.78, 5) is 0. The molecule has 0 saturated heterocycles. The molecule has 86 valence electrons. The Balaban J connectivity index is 2.95. The predicted molar refractivity (Wildman–Crippen MR) is 68.5 cm³/mol. The Labute approximate surface area is 102 Å². The van der Waals surface area contributed by atoms with Crippen molar-refractivity contribution in [3.05, 3.63) is 29.3 Å². The molecule has 0 bridgehead atoms. The number of nitrogens with one attached hydrogen (secondary N) is 1. The van der Waals surface area contributed by atoms with Gasteiger partial charge in [0.05, 0.1) is 6.07 Å². The van der Waals surface area contributed by atoms with Crippen molar-refractivity contribution in [2.75, 3.05) is 5.32 Å². The second kappa shape index (κ2) is 4.35. The average molecular weight is 237 g/mol. The second-order valence-electron chi connectivity index (χ2n) is 5.12. The van der Waals surface area contributed by atoms with Crippen LogP contribution >= 0.6 is 11.6 Å². The largest absolute Gasteiger partial charge is 0.367 e. The molecule has 0 unspecified atom stereocenters. The van der Waals surface area contributed by atoms with Crippen LogP contribution in [0.5, 0.6) is 0 Å². The highest BCUT2D eigenvalue weighted by Gasteiger charge is 2.37. The van der Waals surface area contributed by atoms with Crippen molar-refractivity contribution in [3.8, 4) is 6.07 Å². The normalized spacial score (nSPS) is 15.0. The van der Waals surface area contributed by atoms with E-state index in [4.69, 9.17) is 11.6 Å². The summed E-state index contributed by atoms with van der Waals surface area (Å²) in [5, 5.41) is 13.2. The number of hydrogen-bond acceptors (Lipinski definition) is 2. The van der Waals surface area contributed by atoms with Crippen molar-refractivity contribution in [3.63, 3.8) is 0 Å². The fourth-order valence-electron chi connectivity index (χ4n) is 1.21. The summed E-state index contributed by atoms with van der Waals surface area (Å²) in [7, 11) is 0. The Bertz CT molecular complexity index is 397. The van der Waals surface area contributed by atoms with Gasteiger partial charge in [0, 0.05) is 10.7 Å². The van der Waals surface area contributed by atoms with Gasteiger partial charge in [0.1, 0.15) is 5.54 Å². The van der Waals surface area contributed by atoms with Crippen molar-refractivity contribution < 1.29 is 0 Å². The molecule has 16 heavy (non-hydrogen) atoms. The minimum Gasteiger partial charge on any atom is -0.367 e. The van der Waals surface area contributed by atoms with Gasteiger partial charge in [0.2, 0.25) is 0 Å². The lowest BCUT2D eigenvalue weighted by Gasteiger charge is -2.37. The molecule has 0 aromatic heterocycles. The third-order valence-electron chi connectivity index (χ3n) is 2.96. The molecule has 0 amide bonds. The predicted octanol–water partition coefficient (Wildman–Crippen LogP) is 4.08. The van der Waals surface area contributed by atoms with Crippen LogP contribution in [0.1, 0.15) is 27.7 Å². The van der Waals surface area contributed by atoms with Crippen LogP contribution in [0, 0.1) is 16.7 Å². The molecule has 1 N–H and O–H groups in total. The third kappa shape index (κ3) is 2.68. The highest BCUT2D eigenvalue weighted by molar-refractivity contribution is 6.30. The maximum Gasteiger partial charge on any atom is 0.127 e. The first-order valence-corrected chi connectivity index (χ1v) is 5.61. The Kier molecular flexibility index (Phi) is 3.50. The molecule has 3 heteroatoms. The first-order valence-electron chi connectivity index (χ1n) is 5.23.